The van der Waals surface area contributed by atoms with Crippen molar-refractivity contribution < 1.29 is 54.1 Å². The van der Waals surface area contributed by atoms with Gasteiger partial charge in [0.05, 0.1) is 41.6 Å². The van der Waals surface area contributed by atoms with E-state index in [4.69, 9.17) is 18.9 Å². The Labute approximate surface area is 224 Å². The number of hydrogen-bond donors (Lipinski definition) is 5. The lowest BCUT2D eigenvalue weighted by Gasteiger charge is -2.44. The largest absolute Gasteiger partial charge is 0.507 e. The van der Waals surface area contributed by atoms with Crippen LogP contribution in [0.15, 0.2) is 12.1 Å². The molecule has 0 bridgehead atoms. The molecule has 1 aliphatic heterocycles. The summed E-state index contributed by atoms with van der Waals surface area (Å²) in [6, 6.07) is 3.09. The van der Waals surface area contributed by atoms with Gasteiger partial charge in [-0.2, -0.15) is 0 Å². The van der Waals surface area contributed by atoms with Gasteiger partial charge in [-0.15, -0.1) is 0 Å². The van der Waals surface area contributed by atoms with Crippen LogP contribution < -0.4 is 4.74 Å². The molecule has 3 aliphatic rings. The first-order chi connectivity index (χ1) is 18.3. The predicted molar refractivity (Wildman–Crippen MR) is 134 cm³/mol. The molecular formula is C28H32O11. The molecule has 1 saturated heterocycles. The minimum atomic E-state index is -1.46. The Morgan fingerprint density at radius 1 is 1.00 bits per heavy atom. The van der Waals surface area contributed by atoms with Crippen LogP contribution in [0.2, 0.25) is 0 Å². The van der Waals surface area contributed by atoms with Gasteiger partial charge in [0.1, 0.15) is 35.6 Å². The van der Waals surface area contributed by atoms with Crippen molar-refractivity contribution in [3.8, 4) is 17.2 Å². The monoisotopic (exact) mass is 544 g/mol. The number of aliphatic hydroxyl groups is 3. The molecule has 2 aromatic rings. The van der Waals surface area contributed by atoms with E-state index in [0.29, 0.717) is 5.56 Å². The average molecular weight is 545 g/mol. The van der Waals surface area contributed by atoms with E-state index in [1.54, 1.807) is 19.9 Å². The Bertz CT molecular complexity index is 1360. The number of hydrogen-bond acceptors (Lipinski definition) is 11. The maximum absolute atomic E-state index is 13.8. The van der Waals surface area contributed by atoms with Crippen molar-refractivity contribution in [3.63, 3.8) is 0 Å². The van der Waals surface area contributed by atoms with Gasteiger partial charge < -0.3 is 44.5 Å². The van der Waals surface area contributed by atoms with Gasteiger partial charge in [0.15, 0.2) is 12.1 Å². The molecule has 11 nitrogen and oxygen atoms in total. The minimum Gasteiger partial charge on any atom is -0.507 e. The summed E-state index contributed by atoms with van der Waals surface area (Å²) in [6.45, 7) is 4.78. The second-order valence-corrected chi connectivity index (χ2v) is 10.7. The van der Waals surface area contributed by atoms with Gasteiger partial charge in [-0.1, -0.05) is 6.07 Å². The molecule has 1 heterocycles. The number of phenols is 2. The van der Waals surface area contributed by atoms with Gasteiger partial charge in [-0.25, -0.2) is 0 Å². The third kappa shape index (κ3) is 4.12. The average Bonchev–Trinajstić information content (AvgIpc) is 2.87. The van der Waals surface area contributed by atoms with Gasteiger partial charge in [0.2, 0.25) is 5.78 Å². The van der Waals surface area contributed by atoms with Gasteiger partial charge in [0, 0.05) is 36.6 Å². The molecule has 39 heavy (non-hydrogen) atoms. The first-order valence-corrected chi connectivity index (χ1v) is 12.6. The van der Waals surface area contributed by atoms with E-state index in [2.05, 4.69) is 0 Å². The lowest BCUT2D eigenvalue weighted by molar-refractivity contribution is -0.311. The van der Waals surface area contributed by atoms with E-state index >= 15 is 0 Å². The Balaban J connectivity index is 1.66. The van der Waals surface area contributed by atoms with Crippen LogP contribution in [0.1, 0.15) is 74.9 Å². The Hall–Kier alpha value is -3.06. The second kappa shape index (κ2) is 9.54. The quantitative estimate of drug-likeness (QED) is 0.301. The zero-order valence-electron chi connectivity index (χ0n) is 22.2. The van der Waals surface area contributed by atoms with Crippen molar-refractivity contribution in [2.24, 2.45) is 0 Å². The highest BCUT2D eigenvalue weighted by Gasteiger charge is 2.49. The second-order valence-electron chi connectivity index (χ2n) is 10.7. The zero-order valence-corrected chi connectivity index (χ0v) is 22.2. The van der Waals surface area contributed by atoms with E-state index in [1.807, 2.05) is 0 Å². The van der Waals surface area contributed by atoms with Crippen LogP contribution in [0.5, 0.6) is 17.2 Å². The van der Waals surface area contributed by atoms with Crippen LogP contribution in [0.4, 0.5) is 0 Å². The van der Waals surface area contributed by atoms with Crippen molar-refractivity contribution in [2.45, 2.75) is 76.0 Å². The standard InChI is InChI=1S/C28H32O11/c1-10-6-7-12-16(25(10)36-4)23(33)18-17(20(12)30)21(31)13-8-28(3,35)9-14(15(13)22(18)32)39-27-24(34)26(37-5)19(29)11(2)38-27/h6-7,11,14,19,24,26-27,29,31-32,34-35H,8-9H2,1-5H3/t11-,14-,19-,24+,26+,27-,28+/m0/s1. The molecule has 2 aliphatic carbocycles. The number of fused-ring (bicyclic) bond motifs is 3. The minimum absolute atomic E-state index is 0.00228. The summed E-state index contributed by atoms with van der Waals surface area (Å²) < 4.78 is 22.4. The predicted octanol–water partition coefficient (Wildman–Crippen LogP) is 1.43. The van der Waals surface area contributed by atoms with E-state index in [9.17, 15) is 35.1 Å². The highest BCUT2D eigenvalue weighted by atomic mass is 16.7. The molecule has 0 unspecified atom stereocenters. The molecule has 210 valence electrons. The van der Waals surface area contributed by atoms with Gasteiger partial charge in [-0.3, -0.25) is 9.59 Å². The van der Waals surface area contributed by atoms with Crippen molar-refractivity contribution in [2.75, 3.05) is 14.2 Å². The first-order valence-electron chi connectivity index (χ1n) is 12.6. The number of aromatic hydroxyl groups is 2. The molecule has 0 aromatic heterocycles. The Kier molecular flexibility index (Phi) is 6.73. The van der Waals surface area contributed by atoms with Gasteiger partial charge >= 0.3 is 0 Å². The molecule has 0 amide bonds. The maximum Gasteiger partial charge on any atom is 0.202 e. The lowest BCUT2D eigenvalue weighted by Crippen LogP contribution is -2.58. The molecule has 7 atom stereocenters. The number of ketones is 2. The number of phenolic OH excluding ortho intramolecular Hbond substituents is 2. The summed E-state index contributed by atoms with van der Waals surface area (Å²) in [6.07, 6.45) is -7.19. The molecular weight excluding hydrogens is 512 g/mol. The molecule has 0 spiro atoms. The summed E-state index contributed by atoms with van der Waals surface area (Å²) in [5, 5.41) is 55.1. The molecule has 0 radical (unpaired) electrons. The topological polar surface area (TPSA) is 172 Å². The van der Waals surface area contributed by atoms with Crippen LogP contribution in [-0.4, -0.2) is 87.6 Å². The number of carbonyl (C=O) groups excluding carboxylic acids is 2. The number of methoxy groups -OCH3 is 2. The van der Waals surface area contributed by atoms with Crippen LogP contribution in [0.3, 0.4) is 0 Å². The van der Waals surface area contributed by atoms with Crippen molar-refractivity contribution in [1.29, 1.82) is 0 Å². The van der Waals surface area contributed by atoms with E-state index < -0.39 is 71.0 Å². The number of aryl methyl sites for hydroxylation is 1. The summed E-state index contributed by atoms with van der Waals surface area (Å²) >= 11 is 0. The molecule has 5 rings (SSSR count). The maximum atomic E-state index is 13.8. The first kappa shape index (κ1) is 27.5. The summed E-state index contributed by atoms with van der Waals surface area (Å²) in [7, 11) is 2.69. The fraction of sp³-hybridized carbons (Fsp3) is 0.500. The van der Waals surface area contributed by atoms with Crippen LogP contribution in [0, 0.1) is 6.92 Å². The van der Waals surface area contributed by atoms with E-state index in [0.717, 1.165) is 0 Å². The molecule has 2 aromatic carbocycles. The van der Waals surface area contributed by atoms with E-state index in [1.165, 1.54) is 27.2 Å². The normalized spacial score (nSPS) is 31.9. The molecule has 1 fully saturated rings. The summed E-state index contributed by atoms with van der Waals surface area (Å²) in [5.74, 6) is -2.32. The fourth-order valence-electron chi connectivity index (χ4n) is 6.01. The van der Waals surface area contributed by atoms with Crippen LogP contribution in [0.25, 0.3) is 0 Å². The Morgan fingerprint density at radius 3 is 2.31 bits per heavy atom. The van der Waals surface area contributed by atoms with Crippen molar-refractivity contribution in [3.05, 3.63) is 51.1 Å². The number of carbonyl (C=O) groups is 2. The summed E-state index contributed by atoms with van der Waals surface area (Å²) in [4.78, 5) is 27.3. The smallest absolute Gasteiger partial charge is 0.202 e. The zero-order chi connectivity index (χ0) is 28.5. The third-order valence-electron chi connectivity index (χ3n) is 7.93. The number of benzene rings is 2. The van der Waals surface area contributed by atoms with Crippen LogP contribution >= 0.6 is 0 Å². The molecule has 5 N–H and O–H groups in total. The highest BCUT2D eigenvalue weighted by molar-refractivity contribution is 6.31. The molecule has 11 heteroatoms. The number of aliphatic hydroxyl groups excluding tert-OH is 2. The Morgan fingerprint density at radius 2 is 1.67 bits per heavy atom. The van der Waals surface area contributed by atoms with Gasteiger partial charge in [0.25, 0.3) is 0 Å². The van der Waals surface area contributed by atoms with Gasteiger partial charge in [-0.05, 0) is 32.4 Å². The fourth-order valence-corrected chi connectivity index (χ4v) is 6.01. The van der Waals surface area contributed by atoms with Crippen molar-refractivity contribution in [1.82, 2.24) is 0 Å². The molecule has 0 saturated carbocycles. The SMILES string of the molecule is COc1c(C)ccc2c1C(=O)c1c(O)c3c(c(O)c1C2=O)C[C@@](C)(O)C[C@@H]3O[C@@H]1O[C@@H](C)[C@H](O)[C@@H](OC)[C@H]1O. The van der Waals surface area contributed by atoms with Crippen LogP contribution in [-0.2, 0) is 20.6 Å². The van der Waals surface area contributed by atoms with E-state index in [-0.39, 0.29) is 46.4 Å². The summed E-state index contributed by atoms with van der Waals surface area (Å²) in [5.41, 5.74) is -1.58. The number of ether oxygens (including phenoxy) is 4. The lowest BCUT2D eigenvalue weighted by atomic mass is 9.73. The van der Waals surface area contributed by atoms with Crippen molar-refractivity contribution >= 4 is 11.6 Å². The third-order valence-corrected chi connectivity index (χ3v) is 7.93. The number of rotatable bonds is 4. The highest BCUT2D eigenvalue weighted by Crippen LogP contribution is 2.52.